The van der Waals surface area contributed by atoms with E-state index in [4.69, 9.17) is 4.74 Å². The van der Waals surface area contributed by atoms with Crippen LogP contribution in [0.1, 0.15) is 40.5 Å². The number of alkyl halides is 3. The minimum Gasteiger partial charge on any atom is -0.383 e. The fourth-order valence-electron chi connectivity index (χ4n) is 3.46. The molecule has 1 N–H and O–H groups in total. The molecule has 1 aliphatic heterocycles. The summed E-state index contributed by atoms with van der Waals surface area (Å²) in [4.78, 5) is 26.4. The molecule has 168 valence electrons. The number of hydrogen-bond acceptors (Lipinski definition) is 5. The lowest BCUT2D eigenvalue weighted by molar-refractivity contribution is -0.138. The number of rotatable bonds is 7. The van der Waals surface area contributed by atoms with Crippen molar-refractivity contribution in [1.82, 2.24) is 25.2 Å². The maximum atomic E-state index is 12.9. The lowest BCUT2D eigenvalue weighted by Gasteiger charge is -2.32. The van der Waals surface area contributed by atoms with Crippen molar-refractivity contribution in [2.75, 3.05) is 33.4 Å². The van der Waals surface area contributed by atoms with Crippen molar-refractivity contribution in [2.24, 2.45) is 0 Å². The van der Waals surface area contributed by atoms with E-state index in [1.165, 1.54) is 25.4 Å². The number of ether oxygens (including phenoxy) is 1. The van der Waals surface area contributed by atoms with Crippen molar-refractivity contribution in [2.45, 2.75) is 31.5 Å². The number of aromatic nitrogens is 3. The van der Waals surface area contributed by atoms with Gasteiger partial charge in [0.1, 0.15) is 0 Å². The summed E-state index contributed by atoms with van der Waals surface area (Å²) in [5, 5.41) is 10.6. The molecule has 11 heteroatoms. The molecule has 1 aromatic heterocycles. The van der Waals surface area contributed by atoms with Crippen molar-refractivity contribution in [3.05, 3.63) is 47.3 Å². The molecule has 1 aromatic carbocycles. The van der Waals surface area contributed by atoms with Crippen LogP contribution in [-0.4, -0.2) is 65.1 Å². The number of nitrogens with zero attached hydrogens (tertiary/aromatic N) is 4. The van der Waals surface area contributed by atoms with Crippen LogP contribution in [-0.2, 0) is 22.1 Å². The largest absolute Gasteiger partial charge is 0.416 e. The summed E-state index contributed by atoms with van der Waals surface area (Å²) in [6, 6.07) is 4.65. The Morgan fingerprint density at radius 2 is 2.13 bits per heavy atom. The summed E-state index contributed by atoms with van der Waals surface area (Å²) in [6.07, 6.45) is -1.56. The average Bonchev–Trinajstić information content (AvgIpc) is 3.24. The molecule has 1 fully saturated rings. The third-order valence-corrected chi connectivity index (χ3v) is 5.07. The van der Waals surface area contributed by atoms with E-state index in [0.29, 0.717) is 38.2 Å². The summed E-state index contributed by atoms with van der Waals surface area (Å²) >= 11 is 0. The second-order valence-electron chi connectivity index (χ2n) is 7.34. The van der Waals surface area contributed by atoms with Crippen LogP contribution in [0.2, 0.25) is 0 Å². The number of nitrogens with one attached hydrogen (secondary N) is 1. The lowest BCUT2D eigenvalue weighted by atomic mass is 10.0. The maximum Gasteiger partial charge on any atom is 0.416 e. The molecule has 2 aromatic rings. The van der Waals surface area contributed by atoms with Crippen LogP contribution in [0.5, 0.6) is 0 Å². The fourth-order valence-corrected chi connectivity index (χ4v) is 3.46. The highest BCUT2D eigenvalue weighted by Gasteiger charge is 2.31. The summed E-state index contributed by atoms with van der Waals surface area (Å²) in [7, 11) is 1.53. The molecule has 0 bridgehead atoms. The number of amides is 2. The zero-order valence-corrected chi connectivity index (χ0v) is 17.1. The fraction of sp³-hybridized carbons (Fsp3) is 0.500. The summed E-state index contributed by atoms with van der Waals surface area (Å²) in [6.45, 7) is 1.61. The number of halogens is 3. The van der Waals surface area contributed by atoms with E-state index in [9.17, 15) is 22.8 Å². The molecule has 1 atom stereocenters. The molecule has 0 spiro atoms. The van der Waals surface area contributed by atoms with Gasteiger partial charge >= 0.3 is 6.18 Å². The average molecular weight is 439 g/mol. The number of methoxy groups -OCH3 is 1. The first kappa shape index (κ1) is 22.7. The number of carbonyl (C=O) groups is 2. The van der Waals surface area contributed by atoms with E-state index < -0.39 is 11.7 Å². The lowest BCUT2D eigenvalue weighted by Crippen LogP contribution is -2.41. The molecular formula is C20H24F3N5O3. The second-order valence-corrected chi connectivity index (χ2v) is 7.34. The topological polar surface area (TPSA) is 89.4 Å². The third kappa shape index (κ3) is 6.03. The van der Waals surface area contributed by atoms with Crippen molar-refractivity contribution < 1.29 is 27.5 Å². The van der Waals surface area contributed by atoms with Gasteiger partial charge < -0.3 is 15.0 Å². The van der Waals surface area contributed by atoms with Crippen LogP contribution in [0.15, 0.2) is 30.5 Å². The van der Waals surface area contributed by atoms with Crippen LogP contribution in [0.25, 0.3) is 0 Å². The first-order chi connectivity index (χ1) is 14.8. The second kappa shape index (κ2) is 9.90. The molecule has 0 unspecified atom stereocenters. The van der Waals surface area contributed by atoms with Gasteiger partial charge in [-0.2, -0.15) is 13.2 Å². The smallest absolute Gasteiger partial charge is 0.383 e. The van der Waals surface area contributed by atoms with E-state index >= 15 is 0 Å². The molecular weight excluding hydrogens is 415 g/mol. The Labute approximate surface area is 177 Å². The molecule has 2 amide bonds. The van der Waals surface area contributed by atoms with Crippen molar-refractivity contribution in [3.63, 3.8) is 0 Å². The monoisotopic (exact) mass is 439 g/mol. The van der Waals surface area contributed by atoms with Crippen LogP contribution in [0.3, 0.4) is 0 Å². The molecule has 31 heavy (non-hydrogen) atoms. The Balaban J connectivity index is 1.60. The van der Waals surface area contributed by atoms with E-state index in [1.54, 1.807) is 9.58 Å². The van der Waals surface area contributed by atoms with Crippen LogP contribution in [0.4, 0.5) is 13.2 Å². The molecule has 8 nitrogen and oxygen atoms in total. The van der Waals surface area contributed by atoms with Gasteiger partial charge in [-0.3, -0.25) is 9.59 Å². The van der Waals surface area contributed by atoms with E-state index in [0.717, 1.165) is 18.6 Å². The molecule has 0 saturated carbocycles. The Hall–Kier alpha value is -2.95. The zero-order chi connectivity index (χ0) is 22.4. The minimum atomic E-state index is -4.45. The minimum absolute atomic E-state index is 0.110. The molecule has 2 heterocycles. The van der Waals surface area contributed by atoms with E-state index in [-0.39, 0.29) is 30.0 Å². The number of piperidine rings is 1. The highest BCUT2D eigenvalue weighted by molar-refractivity contribution is 5.91. The number of likely N-dealkylation sites (tertiary alicyclic amines) is 1. The van der Waals surface area contributed by atoms with Gasteiger partial charge in [-0.05, 0) is 24.5 Å². The van der Waals surface area contributed by atoms with Gasteiger partial charge in [-0.15, -0.1) is 5.10 Å². The highest BCUT2D eigenvalue weighted by Crippen LogP contribution is 2.30. The summed E-state index contributed by atoms with van der Waals surface area (Å²) in [5.74, 6) is -0.613. The standard InChI is InChI=1S/C20H24F3N5O3/c1-31-9-7-24-19(30)17-13-28(26-25-17)16-6-3-8-27(12-16)18(29)11-14-4-2-5-15(10-14)20(21,22)23/h2,4-5,10,13,16H,3,6-9,11-12H2,1H3,(H,24,30)/t16-/m0/s1. The van der Waals surface area contributed by atoms with Crippen LogP contribution < -0.4 is 5.32 Å². The molecule has 0 radical (unpaired) electrons. The van der Waals surface area contributed by atoms with Crippen molar-refractivity contribution >= 4 is 11.8 Å². The normalized spacial score (nSPS) is 16.9. The Bertz CT molecular complexity index is 915. The number of hydrogen-bond donors (Lipinski definition) is 1. The highest BCUT2D eigenvalue weighted by atomic mass is 19.4. The number of benzene rings is 1. The summed E-state index contributed by atoms with van der Waals surface area (Å²) < 4.78 is 45.1. The van der Waals surface area contributed by atoms with Gasteiger partial charge in [0.25, 0.3) is 5.91 Å². The van der Waals surface area contributed by atoms with E-state index in [1.807, 2.05) is 0 Å². The van der Waals surface area contributed by atoms with E-state index in [2.05, 4.69) is 15.6 Å². The van der Waals surface area contributed by atoms with Gasteiger partial charge in [-0.1, -0.05) is 23.4 Å². The Kier molecular flexibility index (Phi) is 7.26. The SMILES string of the molecule is COCCNC(=O)c1cn([C@H]2CCCN(C(=O)Cc3cccc(C(F)(F)F)c3)C2)nn1. The van der Waals surface area contributed by atoms with Crippen LogP contribution >= 0.6 is 0 Å². The molecule has 3 rings (SSSR count). The van der Waals surface area contributed by atoms with Gasteiger partial charge in [0.15, 0.2) is 5.69 Å². The zero-order valence-electron chi connectivity index (χ0n) is 17.1. The van der Waals surface area contributed by atoms with Crippen molar-refractivity contribution in [3.8, 4) is 0 Å². The first-order valence-corrected chi connectivity index (χ1v) is 9.91. The van der Waals surface area contributed by atoms with Gasteiger partial charge in [0.05, 0.1) is 30.8 Å². The predicted octanol–water partition coefficient (Wildman–Crippen LogP) is 2.08. The summed E-state index contributed by atoms with van der Waals surface area (Å²) in [5.41, 5.74) is -0.283. The van der Waals surface area contributed by atoms with Crippen molar-refractivity contribution in [1.29, 1.82) is 0 Å². The van der Waals surface area contributed by atoms with Gasteiger partial charge in [0.2, 0.25) is 5.91 Å². The predicted molar refractivity (Wildman–Crippen MR) is 104 cm³/mol. The van der Waals surface area contributed by atoms with Crippen LogP contribution in [0, 0.1) is 0 Å². The third-order valence-electron chi connectivity index (χ3n) is 5.07. The Morgan fingerprint density at radius 3 is 2.87 bits per heavy atom. The number of carbonyl (C=O) groups excluding carboxylic acids is 2. The quantitative estimate of drug-likeness (QED) is 0.668. The molecule has 1 saturated heterocycles. The molecule has 0 aliphatic carbocycles. The first-order valence-electron chi connectivity index (χ1n) is 9.91. The molecule has 1 aliphatic rings. The van der Waals surface area contributed by atoms with Gasteiger partial charge in [0, 0.05) is 26.7 Å². The maximum absolute atomic E-state index is 12.9. The Morgan fingerprint density at radius 1 is 1.32 bits per heavy atom. The van der Waals surface area contributed by atoms with Gasteiger partial charge in [-0.25, -0.2) is 4.68 Å².